The molecule has 0 bridgehead atoms. The number of esters is 1. The smallest absolute Gasteiger partial charge is 0.341 e. The van der Waals surface area contributed by atoms with Crippen molar-refractivity contribution in [3.8, 4) is 0 Å². The molecule has 0 unspecified atom stereocenters. The minimum Gasteiger partial charge on any atom is -0.462 e. The Morgan fingerprint density at radius 1 is 1.11 bits per heavy atom. The number of aryl methyl sites for hydroxylation is 1. The molecule has 3 aliphatic rings. The van der Waals surface area contributed by atoms with Crippen molar-refractivity contribution in [2.75, 3.05) is 11.9 Å². The van der Waals surface area contributed by atoms with Crippen molar-refractivity contribution >= 4 is 34.1 Å². The highest BCUT2D eigenvalue weighted by Crippen LogP contribution is 2.39. The Bertz CT molecular complexity index is 782. The number of likely N-dealkylation sites (tertiary alicyclic amines) is 1. The zero-order valence-electron chi connectivity index (χ0n) is 16.4. The molecule has 1 atom stereocenters. The molecule has 1 aromatic heterocycles. The molecule has 1 aromatic rings. The SMILES string of the molecule is CCOC(=O)c1c(NC(=O)[C@H]2CCC(=O)N2C2CCCC2)sc2c1CCCC2. The van der Waals surface area contributed by atoms with Gasteiger partial charge in [-0.2, -0.15) is 0 Å². The highest BCUT2D eigenvalue weighted by Gasteiger charge is 2.41. The first-order valence-electron chi connectivity index (χ1n) is 10.5. The molecule has 1 saturated carbocycles. The van der Waals surface area contributed by atoms with E-state index in [0.29, 0.717) is 30.0 Å². The summed E-state index contributed by atoms with van der Waals surface area (Å²) in [6.07, 6.45) is 9.14. The summed E-state index contributed by atoms with van der Waals surface area (Å²) in [5.41, 5.74) is 1.58. The van der Waals surface area contributed by atoms with Crippen molar-refractivity contribution < 1.29 is 19.1 Å². The largest absolute Gasteiger partial charge is 0.462 e. The van der Waals surface area contributed by atoms with Crippen LogP contribution in [-0.4, -0.2) is 41.4 Å². The summed E-state index contributed by atoms with van der Waals surface area (Å²) in [7, 11) is 0. The standard InChI is InChI=1S/C21H28N2O4S/c1-2-27-21(26)18-14-9-5-6-10-16(14)28-20(18)22-19(25)15-11-12-17(24)23(15)13-7-3-4-8-13/h13,15H,2-12H2,1H3,(H,22,25)/t15-/m1/s1. The van der Waals surface area contributed by atoms with Crippen molar-refractivity contribution in [1.82, 2.24) is 4.90 Å². The third kappa shape index (κ3) is 3.56. The third-order valence-electron chi connectivity index (χ3n) is 6.16. The number of rotatable bonds is 5. The summed E-state index contributed by atoms with van der Waals surface area (Å²) in [4.78, 5) is 41.1. The number of fused-ring (bicyclic) bond motifs is 1. The van der Waals surface area contributed by atoms with Gasteiger partial charge in [0, 0.05) is 17.3 Å². The van der Waals surface area contributed by atoms with Gasteiger partial charge in [0.15, 0.2) is 0 Å². The van der Waals surface area contributed by atoms with Gasteiger partial charge < -0.3 is 15.0 Å². The molecule has 6 nitrogen and oxygen atoms in total. The Balaban J connectivity index is 1.58. The maximum atomic E-state index is 13.1. The van der Waals surface area contributed by atoms with Gasteiger partial charge in [0.2, 0.25) is 11.8 Å². The molecular formula is C21H28N2O4S. The van der Waals surface area contributed by atoms with Gasteiger partial charge in [-0.3, -0.25) is 9.59 Å². The van der Waals surface area contributed by atoms with E-state index in [9.17, 15) is 14.4 Å². The average molecular weight is 405 g/mol. The summed E-state index contributed by atoms with van der Waals surface area (Å²) < 4.78 is 5.27. The van der Waals surface area contributed by atoms with Crippen molar-refractivity contribution in [3.63, 3.8) is 0 Å². The van der Waals surface area contributed by atoms with E-state index in [0.717, 1.165) is 56.9 Å². The topological polar surface area (TPSA) is 75.7 Å². The Labute approximate surface area is 169 Å². The second kappa shape index (κ2) is 8.23. The van der Waals surface area contributed by atoms with Gasteiger partial charge in [-0.1, -0.05) is 12.8 Å². The van der Waals surface area contributed by atoms with Crippen LogP contribution < -0.4 is 5.32 Å². The molecule has 7 heteroatoms. The van der Waals surface area contributed by atoms with Crippen LogP contribution in [-0.2, 0) is 27.2 Å². The Morgan fingerprint density at radius 3 is 2.61 bits per heavy atom. The second-order valence-corrected chi connectivity index (χ2v) is 9.02. The first-order chi connectivity index (χ1) is 13.6. The van der Waals surface area contributed by atoms with Gasteiger partial charge in [-0.15, -0.1) is 11.3 Å². The van der Waals surface area contributed by atoms with Crippen LogP contribution in [0.1, 0.15) is 79.1 Å². The van der Waals surface area contributed by atoms with E-state index in [-0.39, 0.29) is 23.8 Å². The second-order valence-electron chi connectivity index (χ2n) is 7.92. The van der Waals surface area contributed by atoms with Gasteiger partial charge in [0.25, 0.3) is 0 Å². The van der Waals surface area contributed by atoms with Crippen LogP contribution in [0.3, 0.4) is 0 Å². The lowest BCUT2D eigenvalue weighted by molar-refractivity contribution is -0.135. The quantitative estimate of drug-likeness (QED) is 0.760. The molecule has 0 spiro atoms. The molecule has 4 rings (SSSR count). The molecule has 0 radical (unpaired) electrons. The van der Waals surface area contributed by atoms with Gasteiger partial charge >= 0.3 is 5.97 Å². The molecule has 2 heterocycles. The van der Waals surface area contributed by atoms with Gasteiger partial charge in [0.1, 0.15) is 11.0 Å². The average Bonchev–Trinajstić information content (AvgIpc) is 3.39. The summed E-state index contributed by atoms with van der Waals surface area (Å²) in [6, 6.07) is -0.239. The number of hydrogen-bond acceptors (Lipinski definition) is 5. The monoisotopic (exact) mass is 404 g/mol. The van der Waals surface area contributed by atoms with E-state index in [2.05, 4.69) is 5.32 Å². The molecule has 2 amide bonds. The number of nitrogens with zero attached hydrogens (tertiary/aromatic N) is 1. The number of amides is 2. The lowest BCUT2D eigenvalue weighted by atomic mass is 9.95. The van der Waals surface area contributed by atoms with E-state index in [1.807, 2.05) is 4.90 Å². The van der Waals surface area contributed by atoms with Gasteiger partial charge in [0.05, 0.1) is 12.2 Å². The fourth-order valence-corrected chi connectivity index (χ4v) is 6.15. The molecule has 1 aliphatic heterocycles. The molecule has 2 fully saturated rings. The van der Waals surface area contributed by atoms with E-state index in [1.54, 1.807) is 6.92 Å². The Kier molecular flexibility index (Phi) is 5.71. The number of hydrogen-bond donors (Lipinski definition) is 1. The zero-order valence-corrected chi connectivity index (χ0v) is 17.2. The van der Waals surface area contributed by atoms with Crippen LogP contribution >= 0.6 is 11.3 Å². The Morgan fingerprint density at radius 2 is 1.86 bits per heavy atom. The van der Waals surface area contributed by atoms with E-state index >= 15 is 0 Å². The van der Waals surface area contributed by atoms with Crippen LogP contribution in [0.2, 0.25) is 0 Å². The number of carbonyl (C=O) groups excluding carboxylic acids is 3. The van der Waals surface area contributed by atoms with Crippen LogP contribution in [0.15, 0.2) is 0 Å². The molecule has 1 N–H and O–H groups in total. The van der Waals surface area contributed by atoms with Crippen LogP contribution in [0.4, 0.5) is 5.00 Å². The highest BCUT2D eigenvalue weighted by molar-refractivity contribution is 7.17. The number of ether oxygens (including phenoxy) is 1. The highest BCUT2D eigenvalue weighted by atomic mass is 32.1. The minimum absolute atomic E-state index is 0.0862. The summed E-state index contributed by atoms with van der Waals surface area (Å²) in [5.74, 6) is -0.433. The fraction of sp³-hybridized carbons (Fsp3) is 0.667. The third-order valence-corrected chi connectivity index (χ3v) is 7.37. The predicted molar refractivity (Wildman–Crippen MR) is 108 cm³/mol. The maximum absolute atomic E-state index is 13.1. The van der Waals surface area contributed by atoms with Crippen LogP contribution in [0.25, 0.3) is 0 Å². The fourth-order valence-electron chi connectivity index (χ4n) is 4.87. The van der Waals surface area contributed by atoms with Crippen molar-refractivity contribution in [1.29, 1.82) is 0 Å². The molecule has 152 valence electrons. The van der Waals surface area contributed by atoms with E-state index < -0.39 is 6.04 Å². The first-order valence-corrected chi connectivity index (χ1v) is 11.4. The molecule has 0 aromatic carbocycles. The molecule has 2 aliphatic carbocycles. The summed E-state index contributed by atoms with van der Waals surface area (Å²) in [5, 5.41) is 3.61. The number of anilines is 1. The zero-order chi connectivity index (χ0) is 19.7. The Hall–Kier alpha value is -1.89. The summed E-state index contributed by atoms with van der Waals surface area (Å²) in [6.45, 7) is 2.10. The van der Waals surface area contributed by atoms with E-state index in [1.165, 1.54) is 16.2 Å². The van der Waals surface area contributed by atoms with Crippen LogP contribution in [0, 0.1) is 0 Å². The lowest BCUT2D eigenvalue weighted by Gasteiger charge is -2.29. The first kappa shape index (κ1) is 19.4. The van der Waals surface area contributed by atoms with Crippen LogP contribution in [0.5, 0.6) is 0 Å². The van der Waals surface area contributed by atoms with E-state index in [4.69, 9.17) is 4.74 Å². The van der Waals surface area contributed by atoms with Crippen molar-refractivity contribution in [3.05, 3.63) is 16.0 Å². The molecule has 28 heavy (non-hydrogen) atoms. The van der Waals surface area contributed by atoms with Crippen molar-refractivity contribution in [2.45, 2.75) is 83.2 Å². The predicted octanol–water partition coefficient (Wildman–Crippen LogP) is 3.68. The minimum atomic E-state index is -0.426. The maximum Gasteiger partial charge on any atom is 0.341 e. The normalized spacial score (nSPS) is 22.4. The summed E-state index contributed by atoms with van der Waals surface area (Å²) >= 11 is 1.50. The molecule has 1 saturated heterocycles. The van der Waals surface area contributed by atoms with Gasteiger partial charge in [-0.05, 0) is 57.4 Å². The van der Waals surface area contributed by atoms with Crippen molar-refractivity contribution in [2.24, 2.45) is 0 Å². The molecular weight excluding hydrogens is 376 g/mol. The lowest BCUT2D eigenvalue weighted by Crippen LogP contribution is -2.46. The number of carbonyl (C=O) groups is 3. The number of nitrogens with one attached hydrogen (secondary N) is 1. The number of thiophene rings is 1. The van der Waals surface area contributed by atoms with Gasteiger partial charge in [-0.25, -0.2) is 4.79 Å².